The van der Waals surface area contributed by atoms with Crippen LogP contribution in [0.1, 0.15) is 32.3 Å². The monoisotopic (exact) mass is 361 g/mol. The standard InChI is InChI=1S/C18H27N5O3/c1-13(2)10-23-17(26)20(4)16(25)18(23)5-7-21(8-6-18)15(24)12-22-11-14(3)9-19-22/h9,11,13H,5-8,10,12H2,1-4H3. The van der Waals surface area contributed by atoms with Crippen LogP contribution in [0.2, 0.25) is 0 Å². The van der Waals surface area contributed by atoms with E-state index in [1.807, 2.05) is 27.0 Å². The molecule has 26 heavy (non-hydrogen) atoms. The Morgan fingerprint density at radius 1 is 1.27 bits per heavy atom. The molecule has 0 aromatic carbocycles. The quantitative estimate of drug-likeness (QED) is 0.753. The molecule has 0 aliphatic carbocycles. The Hall–Kier alpha value is -2.38. The first kappa shape index (κ1) is 18.4. The summed E-state index contributed by atoms with van der Waals surface area (Å²) in [5.74, 6) is 0.124. The van der Waals surface area contributed by atoms with Crippen LogP contribution in [-0.4, -0.2) is 74.5 Å². The smallest absolute Gasteiger partial charge is 0.327 e. The van der Waals surface area contributed by atoms with E-state index in [4.69, 9.17) is 0 Å². The lowest BCUT2D eigenvalue weighted by molar-refractivity contribution is -0.141. The number of rotatable bonds is 4. The normalized spacial score (nSPS) is 20.0. The van der Waals surface area contributed by atoms with E-state index in [-0.39, 0.29) is 30.3 Å². The molecule has 0 saturated carbocycles. The van der Waals surface area contributed by atoms with Gasteiger partial charge in [0.1, 0.15) is 12.1 Å². The molecule has 8 nitrogen and oxygen atoms in total. The molecular weight excluding hydrogens is 334 g/mol. The molecule has 142 valence electrons. The second kappa shape index (κ2) is 6.74. The number of likely N-dealkylation sites (tertiary alicyclic amines) is 1. The molecule has 0 radical (unpaired) electrons. The summed E-state index contributed by atoms with van der Waals surface area (Å²) >= 11 is 0. The van der Waals surface area contributed by atoms with Gasteiger partial charge in [0.05, 0.1) is 6.20 Å². The molecule has 3 heterocycles. The van der Waals surface area contributed by atoms with Crippen molar-refractivity contribution in [2.45, 2.75) is 45.7 Å². The van der Waals surface area contributed by atoms with Crippen LogP contribution in [0.3, 0.4) is 0 Å². The molecule has 1 spiro atoms. The molecule has 0 N–H and O–H groups in total. The Kier molecular flexibility index (Phi) is 4.77. The zero-order valence-electron chi connectivity index (χ0n) is 15.9. The van der Waals surface area contributed by atoms with Crippen LogP contribution in [0.5, 0.6) is 0 Å². The van der Waals surface area contributed by atoms with Gasteiger partial charge in [-0.3, -0.25) is 19.2 Å². The lowest BCUT2D eigenvalue weighted by Crippen LogP contribution is -2.58. The fourth-order valence-electron chi connectivity index (χ4n) is 3.90. The predicted molar refractivity (Wildman–Crippen MR) is 95.2 cm³/mol. The summed E-state index contributed by atoms with van der Waals surface area (Å²) in [5, 5.41) is 4.15. The van der Waals surface area contributed by atoms with Gasteiger partial charge in [0.15, 0.2) is 0 Å². The number of carbonyl (C=O) groups excluding carboxylic acids is 3. The van der Waals surface area contributed by atoms with Crippen LogP contribution in [-0.2, 0) is 16.1 Å². The SMILES string of the molecule is Cc1cnn(CC(=O)N2CCC3(CC2)C(=O)N(C)C(=O)N3CC(C)C)c1. The third-order valence-corrected chi connectivity index (χ3v) is 5.29. The van der Waals surface area contributed by atoms with E-state index in [2.05, 4.69) is 5.10 Å². The minimum absolute atomic E-state index is 0.0107. The highest BCUT2D eigenvalue weighted by molar-refractivity contribution is 6.06. The van der Waals surface area contributed by atoms with Crippen molar-refractivity contribution >= 4 is 17.8 Å². The molecule has 3 rings (SSSR count). The van der Waals surface area contributed by atoms with Crippen molar-refractivity contribution in [1.29, 1.82) is 0 Å². The largest absolute Gasteiger partial charge is 0.341 e. The highest BCUT2D eigenvalue weighted by Gasteiger charge is 2.57. The Labute approximate surface area is 153 Å². The fraction of sp³-hybridized carbons (Fsp3) is 0.667. The topological polar surface area (TPSA) is 78.8 Å². The lowest BCUT2D eigenvalue weighted by Gasteiger charge is -2.42. The Morgan fingerprint density at radius 3 is 2.46 bits per heavy atom. The average Bonchev–Trinajstić information content (AvgIpc) is 3.07. The molecule has 0 bridgehead atoms. The molecule has 8 heteroatoms. The van der Waals surface area contributed by atoms with E-state index >= 15 is 0 Å². The van der Waals surface area contributed by atoms with Gasteiger partial charge in [0.2, 0.25) is 5.91 Å². The fourth-order valence-corrected chi connectivity index (χ4v) is 3.90. The summed E-state index contributed by atoms with van der Waals surface area (Å²) in [4.78, 5) is 42.6. The number of likely N-dealkylation sites (N-methyl/N-ethyl adjacent to an activating group) is 1. The van der Waals surface area contributed by atoms with Gasteiger partial charge in [0.25, 0.3) is 5.91 Å². The minimum Gasteiger partial charge on any atom is -0.341 e. The summed E-state index contributed by atoms with van der Waals surface area (Å²) < 4.78 is 1.63. The summed E-state index contributed by atoms with van der Waals surface area (Å²) in [6.45, 7) is 7.70. The van der Waals surface area contributed by atoms with Crippen molar-refractivity contribution in [2.24, 2.45) is 5.92 Å². The molecule has 0 atom stereocenters. The molecule has 2 saturated heterocycles. The van der Waals surface area contributed by atoms with Gasteiger partial charge in [-0.25, -0.2) is 4.79 Å². The van der Waals surface area contributed by atoms with Crippen LogP contribution < -0.4 is 0 Å². The lowest BCUT2D eigenvalue weighted by atomic mass is 9.85. The maximum Gasteiger partial charge on any atom is 0.327 e. The van der Waals surface area contributed by atoms with Crippen LogP contribution >= 0.6 is 0 Å². The third-order valence-electron chi connectivity index (χ3n) is 5.29. The number of imide groups is 1. The summed E-state index contributed by atoms with van der Waals surface area (Å²) in [5.41, 5.74) is 0.215. The number of hydrogen-bond donors (Lipinski definition) is 0. The van der Waals surface area contributed by atoms with Crippen molar-refractivity contribution in [3.63, 3.8) is 0 Å². The molecule has 1 aromatic rings. The Bertz CT molecular complexity index is 718. The number of aryl methyl sites for hydroxylation is 1. The number of hydrogen-bond acceptors (Lipinski definition) is 4. The Balaban J connectivity index is 1.70. The maximum atomic E-state index is 12.8. The number of amides is 4. The van der Waals surface area contributed by atoms with Crippen molar-refractivity contribution in [1.82, 2.24) is 24.5 Å². The predicted octanol–water partition coefficient (Wildman–Crippen LogP) is 1.10. The summed E-state index contributed by atoms with van der Waals surface area (Å²) in [6, 6.07) is -0.226. The zero-order chi connectivity index (χ0) is 19.1. The van der Waals surface area contributed by atoms with Crippen LogP contribution in [0, 0.1) is 12.8 Å². The summed E-state index contributed by atoms with van der Waals surface area (Å²) in [7, 11) is 1.55. The first-order valence-corrected chi connectivity index (χ1v) is 9.11. The van der Waals surface area contributed by atoms with E-state index < -0.39 is 5.54 Å². The molecule has 4 amide bonds. The molecule has 2 aliphatic rings. The van der Waals surface area contributed by atoms with Crippen LogP contribution in [0.25, 0.3) is 0 Å². The second-order valence-corrected chi connectivity index (χ2v) is 7.78. The highest BCUT2D eigenvalue weighted by atomic mass is 16.2. The maximum absolute atomic E-state index is 12.8. The molecular formula is C18H27N5O3. The average molecular weight is 361 g/mol. The number of urea groups is 1. The van der Waals surface area contributed by atoms with Gasteiger partial charge >= 0.3 is 6.03 Å². The van der Waals surface area contributed by atoms with Gasteiger partial charge in [-0.05, 0) is 31.2 Å². The van der Waals surface area contributed by atoms with Crippen molar-refractivity contribution in [3.8, 4) is 0 Å². The Morgan fingerprint density at radius 2 is 1.92 bits per heavy atom. The first-order valence-electron chi connectivity index (χ1n) is 9.11. The van der Waals surface area contributed by atoms with Gasteiger partial charge in [-0.2, -0.15) is 5.10 Å². The van der Waals surface area contributed by atoms with E-state index in [0.29, 0.717) is 32.5 Å². The number of nitrogens with zero attached hydrogens (tertiary/aromatic N) is 5. The van der Waals surface area contributed by atoms with E-state index in [1.165, 1.54) is 4.90 Å². The number of aromatic nitrogens is 2. The van der Waals surface area contributed by atoms with Crippen molar-refractivity contribution < 1.29 is 14.4 Å². The minimum atomic E-state index is -0.796. The van der Waals surface area contributed by atoms with E-state index in [0.717, 1.165) is 5.56 Å². The van der Waals surface area contributed by atoms with Crippen LogP contribution in [0.15, 0.2) is 12.4 Å². The van der Waals surface area contributed by atoms with E-state index in [1.54, 1.807) is 27.7 Å². The molecule has 1 aromatic heterocycles. The summed E-state index contributed by atoms with van der Waals surface area (Å²) in [6.07, 6.45) is 4.53. The van der Waals surface area contributed by atoms with Crippen molar-refractivity contribution in [3.05, 3.63) is 18.0 Å². The molecule has 0 unspecified atom stereocenters. The first-order chi connectivity index (χ1) is 12.2. The van der Waals surface area contributed by atoms with Gasteiger partial charge in [-0.1, -0.05) is 13.8 Å². The molecule has 2 aliphatic heterocycles. The molecule has 2 fully saturated rings. The van der Waals surface area contributed by atoms with Gasteiger partial charge in [0, 0.05) is 32.9 Å². The number of piperidine rings is 1. The second-order valence-electron chi connectivity index (χ2n) is 7.78. The van der Waals surface area contributed by atoms with E-state index in [9.17, 15) is 14.4 Å². The zero-order valence-corrected chi connectivity index (χ0v) is 15.9. The van der Waals surface area contributed by atoms with Gasteiger partial charge < -0.3 is 9.80 Å². The van der Waals surface area contributed by atoms with Gasteiger partial charge in [-0.15, -0.1) is 0 Å². The number of carbonyl (C=O) groups is 3. The third kappa shape index (κ3) is 3.08. The van der Waals surface area contributed by atoms with Crippen LogP contribution in [0.4, 0.5) is 4.79 Å². The van der Waals surface area contributed by atoms with Crippen molar-refractivity contribution in [2.75, 3.05) is 26.7 Å². The highest BCUT2D eigenvalue weighted by Crippen LogP contribution is 2.37.